The van der Waals surface area contributed by atoms with Crippen molar-refractivity contribution < 1.29 is 18.7 Å². The Kier molecular flexibility index (Phi) is 5.82. The first kappa shape index (κ1) is 20.6. The highest BCUT2D eigenvalue weighted by molar-refractivity contribution is 5.99. The molecule has 0 fully saturated rings. The smallest absolute Gasteiger partial charge is 0.354 e. The van der Waals surface area contributed by atoms with E-state index in [-0.39, 0.29) is 33.5 Å². The van der Waals surface area contributed by atoms with Crippen molar-refractivity contribution in [2.75, 3.05) is 0 Å². The third-order valence-corrected chi connectivity index (χ3v) is 4.62. The van der Waals surface area contributed by atoms with Gasteiger partial charge >= 0.3 is 5.97 Å². The Morgan fingerprint density at radius 3 is 2.44 bits per heavy atom. The molecule has 4 aromatic rings. The molecule has 0 bridgehead atoms. The van der Waals surface area contributed by atoms with Gasteiger partial charge < -0.3 is 13.9 Å². The molecular formula is C26H17NO5. The molecule has 0 N–H and O–H groups in total. The maximum absolute atomic E-state index is 12.7. The van der Waals surface area contributed by atoms with Crippen LogP contribution in [0.1, 0.15) is 11.1 Å². The van der Waals surface area contributed by atoms with Crippen LogP contribution in [0, 0.1) is 18.3 Å². The highest BCUT2D eigenvalue weighted by Gasteiger charge is 2.15. The van der Waals surface area contributed by atoms with Gasteiger partial charge in [0.05, 0.1) is 5.39 Å². The second-order valence-electron chi connectivity index (χ2n) is 6.97. The number of esters is 1. The maximum atomic E-state index is 12.7. The fraction of sp³-hybridized carbons (Fsp3) is 0.0385. The van der Waals surface area contributed by atoms with Crippen molar-refractivity contribution in [2.45, 2.75) is 6.92 Å². The van der Waals surface area contributed by atoms with E-state index in [0.29, 0.717) is 11.3 Å². The van der Waals surface area contributed by atoms with Crippen LogP contribution in [-0.2, 0) is 4.79 Å². The number of aryl methyl sites for hydroxylation is 1. The van der Waals surface area contributed by atoms with E-state index in [0.717, 1.165) is 5.56 Å². The standard InChI is InChI=1S/C26H17NO5/c1-17-7-9-20(10-8-17)31-24-16-30-23-14-21(11-12-22(23)25(24)28)32-26(29)19(15-27)13-18-5-3-2-4-6-18/h2-14,16H,1H3. The van der Waals surface area contributed by atoms with Crippen molar-refractivity contribution in [3.8, 4) is 23.3 Å². The molecule has 0 saturated carbocycles. The Hall–Kier alpha value is -4.63. The number of nitriles is 1. The predicted molar refractivity (Wildman–Crippen MR) is 119 cm³/mol. The molecule has 1 aromatic heterocycles. The summed E-state index contributed by atoms with van der Waals surface area (Å²) in [5.74, 6) is -0.102. The van der Waals surface area contributed by atoms with Gasteiger partial charge in [-0.05, 0) is 42.8 Å². The normalized spacial score (nSPS) is 11.1. The minimum Gasteiger partial charge on any atom is -0.460 e. The van der Waals surface area contributed by atoms with Crippen LogP contribution in [0.25, 0.3) is 17.0 Å². The highest BCUT2D eigenvalue weighted by atomic mass is 16.5. The quantitative estimate of drug-likeness (QED) is 0.185. The second kappa shape index (κ2) is 9.02. The Bertz CT molecular complexity index is 1410. The third kappa shape index (κ3) is 4.58. The lowest BCUT2D eigenvalue weighted by molar-refractivity contribution is -0.129. The average Bonchev–Trinajstić information content (AvgIpc) is 2.81. The second-order valence-corrected chi connectivity index (χ2v) is 6.97. The van der Waals surface area contributed by atoms with Gasteiger partial charge in [0.25, 0.3) is 0 Å². The Balaban J connectivity index is 1.56. The van der Waals surface area contributed by atoms with E-state index in [2.05, 4.69) is 0 Å². The van der Waals surface area contributed by atoms with Crippen LogP contribution in [0.2, 0.25) is 0 Å². The molecule has 156 valence electrons. The topological polar surface area (TPSA) is 89.5 Å². The van der Waals surface area contributed by atoms with Crippen molar-refractivity contribution in [1.82, 2.24) is 0 Å². The largest absolute Gasteiger partial charge is 0.460 e. The van der Waals surface area contributed by atoms with Crippen LogP contribution in [0.4, 0.5) is 0 Å². The molecule has 0 saturated heterocycles. The van der Waals surface area contributed by atoms with Gasteiger partial charge in [0.15, 0.2) is 0 Å². The molecule has 0 amide bonds. The first-order valence-corrected chi connectivity index (χ1v) is 9.72. The van der Waals surface area contributed by atoms with Gasteiger partial charge in [-0.3, -0.25) is 4.79 Å². The van der Waals surface area contributed by atoms with Crippen LogP contribution in [-0.4, -0.2) is 5.97 Å². The van der Waals surface area contributed by atoms with E-state index < -0.39 is 5.97 Å². The molecule has 0 atom stereocenters. The van der Waals surface area contributed by atoms with Gasteiger partial charge in [0.2, 0.25) is 11.2 Å². The monoisotopic (exact) mass is 423 g/mol. The summed E-state index contributed by atoms with van der Waals surface area (Å²) in [6.07, 6.45) is 2.66. The average molecular weight is 423 g/mol. The molecule has 3 aromatic carbocycles. The summed E-state index contributed by atoms with van der Waals surface area (Å²) in [6, 6.07) is 22.5. The predicted octanol–water partition coefficient (Wildman–Crippen LogP) is 5.41. The molecule has 6 heteroatoms. The third-order valence-electron chi connectivity index (χ3n) is 4.62. The molecule has 0 unspecified atom stereocenters. The van der Waals surface area contributed by atoms with Crippen molar-refractivity contribution in [3.63, 3.8) is 0 Å². The lowest BCUT2D eigenvalue weighted by atomic mass is 10.1. The van der Waals surface area contributed by atoms with Crippen LogP contribution in [0.15, 0.2) is 93.8 Å². The molecule has 0 spiro atoms. The summed E-state index contributed by atoms with van der Waals surface area (Å²) in [4.78, 5) is 25.2. The Morgan fingerprint density at radius 2 is 1.72 bits per heavy atom. The van der Waals surface area contributed by atoms with Crippen LogP contribution in [0.5, 0.6) is 17.2 Å². The summed E-state index contributed by atoms with van der Waals surface area (Å²) in [6.45, 7) is 1.95. The number of fused-ring (bicyclic) bond motifs is 1. The number of ether oxygens (including phenoxy) is 2. The molecule has 0 aliphatic heterocycles. The van der Waals surface area contributed by atoms with E-state index in [1.165, 1.54) is 30.5 Å². The maximum Gasteiger partial charge on any atom is 0.354 e. The number of rotatable bonds is 5. The van der Waals surface area contributed by atoms with E-state index in [1.54, 1.807) is 36.4 Å². The van der Waals surface area contributed by atoms with E-state index in [1.807, 2.05) is 31.2 Å². The first-order valence-electron chi connectivity index (χ1n) is 9.72. The molecule has 0 aliphatic carbocycles. The summed E-state index contributed by atoms with van der Waals surface area (Å²) >= 11 is 0. The number of carbonyl (C=O) groups excluding carboxylic acids is 1. The Morgan fingerprint density at radius 1 is 1.00 bits per heavy atom. The van der Waals surface area contributed by atoms with Crippen molar-refractivity contribution in [3.05, 3.63) is 106 Å². The van der Waals surface area contributed by atoms with Crippen molar-refractivity contribution in [1.29, 1.82) is 5.26 Å². The van der Waals surface area contributed by atoms with Gasteiger partial charge in [-0.25, -0.2) is 4.79 Å². The molecule has 0 aliphatic rings. The number of hydrogen-bond acceptors (Lipinski definition) is 6. The highest BCUT2D eigenvalue weighted by Crippen LogP contribution is 2.24. The first-order chi connectivity index (χ1) is 15.5. The number of carbonyl (C=O) groups is 1. The van der Waals surface area contributed by atoms with E-state index in [4.69, 9.17) is 13.9 Å². The zero-order valence-electron chi connectivity index (χ0n) is 17.1. The summed E-state index contributed by atoms with van der Waals surface area (Å²) in [5.41, 5.74) is 1.49. The van der Waals surface area contributed by atoms with Crippen LogP contribution >= 0.6 is 0 Å². The number of hydrogen-bond donors (Lipinski definition) is 0. The molecule has 4 rings (SSSR count). The molecular weight excluding hydrogens is 406 g/mol. The summed E-state index contributed by atoms with van der Waals surface area (Å²) < 4.78 is 16.5. The van der Waals surface area contributed by atoms with Gasteiger partial charge in [0.1, 0.15) is 35.0 Å². The minimum absolute atomic E-state index is 0.0451. The lowest BCUT2D eigenvalue weighted by Crippen LogP contribution is -2.10. The summed E-state index contributed by atoms with van der Waals surface area (Å²) in [5, 5.41) is 9.59. The van der Waals surface area contributed by atoms with Crippen molar-refractivity contribution in [2.24, 2.45) is 0 Å². The van der Waals surface area contributed by atoms with Crippen LogP contribution in [0.3, 0.4) is 0 Å². The minimum atomic E-state index is -0.808. The fourth-order valence-corrected chi connectivity index (χ4v) is 2.97. The number of benzene rings is 3. The van der Waals surface area contributed by atoms with E-state index >= 15 is 0 Å². The number of nitrogens with zero attached hydrogens (tertiary/aromatic N) is 1. The van der Waals surface area contributed by atoms with Gasteiger partial charge in [-0.2, -0.15) is 5.26 Å². The Labute approximate surface area is 183 Å². The molecule has 0 radical (unpaired) electrons. The van der Waals surface area contributed by atoms with Crippen molar-refractivity contribution >= 4 is 23.0 Å². The fourth-order valence-electron chi connectivity index (χ4n) is 2.97. The van der Waals surface area contributed by atoms with Crippen LogP contribution < -0.4 is 14.9 Å². The van der Waals surface area contributed by atoms with E-state index in [9.17, 15) is 14.9 Å². The molecule has 32 heavy (non-hydrogen) atoms. The zero-order chi connectivity index (χ0) is 22.5. The molecule has 6 nitrogen and oxygen atoms in total. The zero-order valence-corrected chi connectivity index (χ0v) is 17.1. The molecule has 1 heterocycles. The lowest BCUT2D eigenvalue weighted by Gasteiger charge is -2.07. The van der Waals surface area contributed by atoms with Gasteiger partial charge in [0, 0.05) is 6.07 Å². The SMILES string of the molecule is Cc1ccc(Oc2coc3cc(OC(=O)C(C#N)=Cc4ccccc4)ccc3c2=O)cc1. The van der Waals surface area contributed by atoms with Gasteiger partial charge in [-0.1, -0.05) is 48.0 Å². The van der Waals surface area contributed by atoms with Gasteiger partial charge in [-0.15, -0.1) is 0 Å². The summed E-state index contributed by atoms with van der Waals surface area (Å²) in [7, 11) is 0.